The second-order valence-corrected chi connectivity index (χ2v) is 6.73. The number of carbonyl (C=O) groups is 1. The molecule has 27 heavy (non-hydrogen) atoms. The van der Waals surface area contributed by atoms with Crippen molar-refractivity contribution in [3.8, 4) is 0 Å². The molecule has 1 aromatic carbocycles. The first-order chi connectivity index (χ1) is 13.1. The fourth-order valence-corrected chi connectivity index (χ4v) is 2.70. The number of nitrogens with one attached hydrogen (secondary N) is 2. The normalized spacial score (nSPS) is 17.0. The summed E-state index contributed by atoms with van der Waals surface area (Å²) in [6.07, 6.45) is 2.17. The highest BCUT2D eigenvalue weighted by molar-refractivity contribution is 5.93. The molecule has 1 unspecified atom stereocenters. The molecular formula is C20H32N4O3. The van der Waals surface area contributed by atoms with Gasteiger partial charge >= 0.3 is 0 Å². The summed E-state index contributed by atoms with van der Waals surface area (Å²) in [6.45, 7) is 6.46. The summed E-state index contributed by atoms with van der Waals surface area (Å²) in [6, 6.07) is 7.58. The van der Waals surface area contributed by atoms with Crippen LogP contribution in [0.1, 0.15) is 35.7 Å². The van der Waals surface area contributed by atoms with Crippen molar-refractivity contribution in [1.29, 1.82) is 0 Å². The number of benzene rings is 1. The molecule has 0 saturated carbocycles. The van der Waals surface area contributed by atoms with Crippen LogP contribution in [0.3, 0.4) is 0 Å². The van der Waals surface area contributed by atoms with E-state index in [-0.39, 0.29) is 12.0 Å². The van der Waals surface area contributed by atoms with Crippen LogP contribution in [0.15, 0.2) is 29.3 Å². The Morgan fingerprint density at radius 3 is 2.70 bits per heavy atom. The van der Waals surface area contributed by atoms with Gasteiger partial charge in [0.1, 0.15) is 0 Å². The van der Waals surface area contributed by atoms with Gasteiger partial charge in [0.25, 0.3) is 5.91 Å². The van der Waals surface area contributed by atoms with Crippen LogP contribution in [0.2, 0.25) is 0 Å². The van der Waals surface area contributed by atoms with Crippen molar-refractivity contribution in [3.63, 3.8) is 0 Å². The first-order valence-electron chi connectivity index (χ1n) is 9.62. The predicted octanol–water partition coefficient (Wildman–Crippen LogP) is 1.64. The molecular weight excluding hydrogens is 344 g/mol. The average molecular weight is 377 g/mol. The highest BCUT2D eigenvalue weighted by Gasteiger charge is 2.15. The summed E-state index contributed by atoms with van der Waals surface area (Å²) in [5.41, 5.74) is 1.75. The van der Waals surface area contributed by atoms with E-state index in [0.717, 1.165) is 57.3 Å². The number of aliphatic imine (C=N–C) groups is 1. The van der Waals surface area contributed by atoms with Gasteiger partial charge in [-0.2, -0.15) is 0 Å². The van der Waals surface area contributed by atoms with Crippen LogP contribution in [0.25, 0.3) is 0 Å². The third-order valence-corrected chi connectivity index (χ3v) is 4.23. The summed E-state index contributed by atoms with van der Waals surface area (Å²) < 4.78 is 11.1. The second kappa shape index (κ2) is 11.6. The molecule has 7 heteroatoms. The quantitative estimate of drug-likeness (QED) is 0.389. The van der Waals surface area contributed by atoms with Crippen LogP contribution < -0.4 is 10.6 Å². The minimum atomic E-state index is 0.00596. The molecule has 1 fully saturated rings. The van der Waals surface area contributed by atoms with Gasteiger partial charge in [0.05, 0.1) is 19.3 Å². The van der Waals surface area contributed by atoms with Crippen molar-refractivity contribution in [2.45, 2.75) is 32.4 Å². The average Bonchev–Trinajstić information content (AvgIpc) is 3.19. The number of hydrogen-bond acceptors (Lipinski definition) is 4. The summed E-state index contributed by atoms with van der Waals surface area (Å²) in [5.74, 6) is 0.793. The van der Waals surface area contributed by atoms with Gasteiger partial charge in [-0.05, 0) is 37.5 Å². The molecule has 1 atom stereocenters. The number of carbonyl (C=O) groups excluding carboxylic acids is 1. The molecule has 1 aliphatic rings. The lowest BCUT2D eigenvalue weighted by atomic mass is 10.1. The van der Waals surface area contributed by atoms with Gasteiger partial charge < -0.3 is 25.0 Å². The standard InChI is InChI=1S/C20H32N4O3/c1-4-21-20(22-11-5-12-27-18-10-13-26-15-18)23-14-16-6-8-17(9-7-16)19(25)24(2)3/h6-9,18H,4-5,10-15H2,1-3H3,(H2,21,22,23). The topological polar surface area (TPSA) is 75.2 Å². The molecule has 0 spiro atoms. The Kier molecular flexibility index (Phi) is 9.07. The van der Waals surface area contributed by atoms with Gasteiger partial charge in [-0.1, -0.05) is 12.1 Å². The number of amides is 1. The molecule has 7 nitrogen and oxygen atoms in total. The molecule has 1 amide bonds. The van der Waals surface area contributed by atoms with Gasteiger partial charge in [0, 0.05) is 46.0 Å². The Balaban J connectivity index is 1.75. The Hall–Kier alpha value is -2.12. The SMILES string of the molecule is CCNC(=NCc1ccc(C(=O)N(C)C)cc1)NCCCOC1CCOC1. The molecule has 2 rings (SSSR count). The van der Waals surface area contributed by atoms with E-state index in [4.69, 9.17) is 9.47 Å². The smallest absolute Gasteiger partial charge is 0.253 e. The zero-order valence-electron chi connectivity index (χ0n) is 16.7. The van der Waals surface area contributed by atoms with Crippen molar-refractivity contribution in [2.75, 3.05) is 47.0 Å². The maximum absolute atomic E-state index is 11.9. The summed E-state index contributed by atoms with van der Waals surface area (Å²) in [5, 5.41) is 6.57. The maximum Gasteiger partial charge on any atom is 0.253 e. The van der Waals surface area contributed by atoms with Crippen molar-refractivity contribution in [1.82, 2.24) is 15.5 Å². The van der Waals surface area contributed by atoms with E-state index < -0.39 is 0 Å². The molecule has 0 aromatic heterocycles. The van der Waals surface area contributed by atoms with Gasteiger partial charge in [-0.25, -0.2) is 4.99 Å². The van der Waals surface area contributed by atoms with Gasteiger partial charge in [0.2, 0.25) is 0 Å². The first-order valence-corrected chi connectivity index (χ1v) is 9.62. The van der Waals surface area contributed by atoms with Gasteiger partial charge in [-0.15, -0.1) is 0 Å². The monoisotopic (exact) mass is 376 g/mol. The first kappa shape index (κ1) is 21.2. The summed E-state index contributed by atoms with van der Waals surface area (Å²) in [4.78, 5) is 18.1. The van der Waals surface area contributed by atoms with Crippen LogP contribution >= 0.6 is 0 Å². The van der Waals surface area contributed by atoms with E-state index in [2.05, 4.69) is 15.6 Å². The van der Waals surface area contributed by atoms with Gasteiger partial charge in [0.15, 0.2) is 5.96 Å². The molecule has 1 heterocycles. The van der Waals surface area contributed by atoms with Crippen LogP contribution in [0.5, 0.6) is 0 Å². The zero-order valence-corrected chi connectivity index (χ0v) is 16.7. The summed E-state index contributed by atoms with van der Waals surface area (Å²) in [7, 11) is 3.50. The minimum Gasteiger partial charge on any atom is -0.379 e. The molecule has 1 saturated heterocycles. The van der Waals surface area contributed by atoms with Crippen molar-refractivity contribution in [2.24, 2.45) is 4.99 Å². The van der Waals surface area contributed by atoms with Crippen LogP contribution in [0.4, 0.5) is 0 Å². The summed E-state index contributed by atoms with van der Waals surface area (Å²) >= 11 is 0. The number of rotatable bonds is 9. The largest absolute Gasteiger partial charge is 0.379 e. The minimum absolute atomic E-state index is 0.00596. The van der Waals surface area contributed by atoms with E-state index in [1.165, 1.54) is 0 Å². The van der Waals surface area contributed by atoms with Crippen molar-refractivity contribution >= 4 is 11.9 Å². The number of hydrogen-bond donors (Lipinski definition) is 2. The van der Waals surface area contributed by atoms with E-state index in [0.29, 0.717) is 12.1 Å². The molecule has 0 aliphatic carbocycles. The Labute approximate surface area is 162 Å². The molecule has 0 radical (unpaired) electrons. The highest BCUT2D eigenvalue weighted by Crippen LogP contribution is 2.08. The van der Waals surface area contributed by atoms with Crippen molar-refractivity contribution < 1.29 is 14.3 Å². The van der Waals surface area contributed by atoms with E-state index >= 15 is 0 Å². The maximum atomic E-state index is 11.9. The predicted molar refractivity (Wildman–Crippen MR) is 107 cm³/mol. The Bertz CT molecular complexity index is 596. The Morgan fingerprint density at radius 2 is 2.07 bits per heavy atom. The molecule has 1 aromatic rings. The van der Waals surface area contributed by atoms with Crippen molar-refractivity contribution in [3.05, 3.63) is 35.4 Å². The number of ether oxygens (including phenoxy) is 2. The van der Waals surface area contributed by atoms with Gasteiger partial charge in [-0.3, -0.25) is 4.79 Å². The lowest BCUT2D eigenvalue weighted by Gasteiger charge is -2.13. The third-order valence-electron chi connectivity index (χ3n) is 4.23. The molecule has 1 aliphatic heterocycles. The fourth-order valence-electron chi connectivity index (χ4n) is 2.70. The van der Waals surface area contributed by atoms with E-state index in [1.807, 2.05) is 31.2 Å². The Morgan fingerprint density at radius 1 is 1.30 bits per heavy atom. The lowest BCUT2D eigenvalue weighted by Crippen LogP contribution is -2.38. The van der Waals surface area contributed by atoms with Crippen LogP contribution in [-0.4, -0.2) is 69.9 Å². The van der Waals surface area contributed by atoms with Crippen LogP contribution in [-0.2, 0) is 16.0 Å². The molecule has 150 valence electrons. The lowest BCUT2D eigenvalue weighted by molar-refractivity contribution is 0.0420. The highest BCUT2D eigenvalue weighted by atomic mass is 16.5. The number of nitrogens with zero attached hydrogens (tertiary/aromatic N) is 2. The third kappa shape index (κ3) is 7.56. The van der Waals surface area contributed by atoms with Crippen LogP contribution in [0, 0.1) is 0 Å². The fraction of sp³-hybridized carbons (Fsp3) is 0.600. The molecule has 2 N–H and O–H groups in total. The van der Waals surface area contributed by atoms with E-state index in [9.17, 15) is 4.79 Å². The van der Waals surface area contributed by atoms with E-state index in [1.54, 1.807) is 19.0 Å². The second-order valence-electron chi connectivity index (χ2n) is 6.73. The molecule has 0 bridgehead atoms. The zero-order chi connectivity index (χ0) is 19.5. The number of guanidine groups is 1.